The number of carbonyl (C=O) groups excluding carboxylic acids is 1. The summed E-state index contributed by atoms with van der Waals surface area (Å²) in [5, 5.41) is 19.5. The minimum Gasteiger partial charge on any atom is -0.354 e. The van der Waals surface area contributed by atoms with Gasteiger partial charge in [-0.25, -0.2) is 4.68 Å². The van der Waals surface area contributed by atoms with Gasteiger partial charge in [-0.3, -0.25) is 4.79 Å². The van der Waals surface area contributed by atoms with Crippen molar-refractivity contribution in [1.29, 1.82) is 0 Å². The van der Waals surface area contributed by atoms with Crippen molar-refractivity contribution in [1.82, 2.24) is 35.3 Å². The van der Waals surface area contributed by atoms with Crippen LogP contribution in [0.15, 0.2) is 72.9 Å². The summed E-state index contributed by atoms with van der Waals surface area (Å²) >= 11 is 0. The van der Waals surface area contributed by atoms with Gasteiger partial charge < -0.3 is 5.32 Å². The number of amides is 1. The molecular weight excluding hydrogens is 354 g/mol. The molecule has 28 heavy (non-hydrogen) atoms. The number of aromatic nitrogens is 6. The van der Waals surface area contributed by atoms with Crippen LogP contribution >= 0.6 is 0 Å². The second-order valence-electron chi connectivity index (χ2n) is 6.20. The maximum Gasteiger partial charge on any atom is 0.243 e. The Morgan fingerprint density at radius 1 is 0.929 bits per heavy atom. The highest BCUT2D eigenvalue weighted by Gasteiger charge is 2.09. The molecule has 0 atom stereocenters. The van der Waals surface area contributed by atoms with E-state index < -0.39 is 0 Å². The van der Waals surface area contributed by atoms with Gasteiger partial charge in [0.1, 0.15) is 6.54 Å². The van der Waals surface area contributed by atoms with E-state index in [0.29, 0.717) is 18.8 Å². The number of nitrogens with zero attached hydrogens (tertiary/aromatic N) is 6. The van der Waals surface area contributed by atoms with Gasteiger partial charge in [0.15, 0.2) is 0 Å². The van der Waals surface area contributed by atoms with Crippen molar-refractivity contribution in [2.24, 2.45) is 0 Å². The Bertz CT molecular complexity index is 1040. The molecule has 1 amide bonds. The van der Waals surface area contributed by atoms with E-state index in [1.54, 1.807) is 0 Å². The predicted octanol–water partition coefficient (Wildman–Crippen LogP) is 1.88. The first-order valence-corrected chi connectivity index (χ1v) is 8.98. The smallest absolute Gasteiger partial charge is 0.243 e. The quantitative estimate of drug-likeness (QED) is 0.534. The molecule has 0 bridgehead atoms. The molecule has 0 spiro atoms. The average molecular weight is 373 g/mol. The van der Waals surface area contributed by atoms with Gasteiger partial charge in [-0.2, -0.15) is 9.90 Å². The molecule has 1 N–H and O–H groups in total. The SMILES string of the molecule is O=C(Cn1nnc(-c2ccccc2)n1)NCCc1ccn(-c2ccccc2)n1. The zero-order valence-electron chi connectivity index (χ0n) is 15.1. The Kier molecular flexibility index (Phi) is 5.19. The Morgan fingerprint density at radius 3 is 2.46 bits per heavy atom. The summed E-state index contributed by atoms with van der Waals surface area (Å²) in [4.78, 5) is 13.4. The van der Waals surface area contributed by atoms with Crippen molar-refractivity contribution < 1.29 is 4.79 Å². The number of carbonyl (C=O) groups is 1. The fourth-order valence-electron chi connectivity index (χ4n) is 2.75. The van der Waals surface area contributed by atoms with E-state index in [4.69, 9.17) is 0 Å². The summed E-state index contributed by atoms with van der Waals surface area (Å²) in [5.41, 5.74) is 2.78. The first kappa shape index (κ1) is 17.6. The Labute approximate surface area is 161 Å². The van der Waals surface area contributed by atoms with Gasteiger partial charge in [-0.05, 0) is 23.4 Å². The third-order valence-corrected chi connectivity index (χ3v) is 4.14. The van der Waals surface area contributed by atoms with Crippen LogP contribution in [0.25, 0.3) is 17.1 Å². The molecule has 0 fully saturated rings. The summed E-state index contributed by atoms with van der Waals surface area (Å²) in [5.74, 6) is 0.333. The van der Waals surface area contributed by atoms with E-state index in [-0.39, 0.29) is 12.5 Å². The summed E-state index contributed by atoms with van der Waals surface area (Å²) in [6.45, 7) is 0.517. The summed E-state index contributed by atoms with van der Waals surface area (Å²) in [6.07, 6.45) is 2.56. The molecule has 0 aliphatic carbocycles. The maximum absolute atomic E-state index is 12.1. The van der Waals surface area contributed by atoms with Gasteiger partial charge >= 0.3 is 0 Å². The minimum absolute atomic E-state index is 0.0261. The van der Waals surface area contributed by atoms with Crippen molar-refractivity contribution in [3.05, 3.63) is 78.6 Å². The molecule has 4 rings (SSSR count). The van der Waals surface area contributed by atoms with Crippen LogP contribution in [0.5, 0.6) is 0 Å². The van der Waals surface area contributed by atoms with E-state index in [2.05, 4.69) is 25.8 Å². The second kappa shape index (κ2) is 8.26. The third kappa shape index (κ3) is 4.29. The minimum atomic E-state index is -0.167. The summed E-state index contributed by atoms with van der Waals surface area (Å²) in [7, 11) is 0. The van der Waals surface area contributed by atoms with Crippen LogP contribution in [0.1, 0.15) is 5.69 Å². The first-order chi connectivity index (χ1) is 13.8. The van der Waals surface area contributed by atoms with E-state index >= 15 is 0 Å². The van der Waals surface area contributed by atoms with Crippen LogP contribution in [-0.4, -0.2) is 42.4 Å². The number of rotatable bonds is 7. The molecule has 0 saturated carbocycles. The van der Waals surface area contributed by atoms with E-state index in [9.17, 15) is 4.79 Å². The number of nitrogens with one attached hydrogen (secondary N) is 1. The molecule has 0 aliphatic rings. The van der Waals surface area contributed by atoms with E-state index in [0.717, 1.165) is 16.9 Å². The topological polar surface area (TPSA) is 90.5 Å². The zero-order valence-corrected chi connectivity index (χ0v) is 15.1. The molecule has 0 radical (unpaired) electrons. The lowest BCUT2D eigenvalue weighted by atomic mass is 10.2. The van der Waals surface area contributed by atoms with Crippen LogP contribution in [0.3, 0.4) is 0 Å². The molecule has 8 heteroatoms. The third-order valence-electron chi connectivity index (χ3n) is 4.14. The van der Waals surface area contributed by atoms with Crippen LogP contribution in [0.2, 0.25) is 0 Å². The largest absolute Gasteiger partial charge is 0.354 e. The molecule has 140 valence electrons. The van der Waals surface area contributed by atoms with Gasteiger partial charge in [0.05, 0.1) is 11.4 Å². The number of tetrazole rings is 1. The molecule has 2 aromatic heterocycles. The standard InChI is InChI=1S/C20H19N7O/c28-19(15-27-24-20(22-25-27)16-7-3-1-4-8-16)21-13-11-17-12-14-26(23-17)18-9-5-2-6-10-18/h1-10,12,14H,11,13,15H2,(H,21,28). The van der Waals surface area contributed by atoms with Crippen molar-refractivity contribution in [2.45, 2.75) is 13.0 Å². The van der Waals surface area contributed by atoms with Crippen molar-refractivity contribution in [3.8, 4) is 17.1 Å². The first-order valence-electron chi connectivity index (χ1n) is 8.98. The number of hydrogen-bond acceptors (Lipinski definition) is 5. The molecular formula is C20H19N7O. The Hall–Kier alpha value is -3.81. The van der Waals surface area contributed by atoms with Crippen LogP contribution < -0.4 is 5.32 Å². The highest BCUT2D eigenvalue weighted by atomic mass is 16.2. The van der Waals surface area contributed by atoms with E-state index in [1.165, 1.54) is 4.80 Å². The zero-order chi connectivity index (χ0) is 19.2. The molecule has 8 nitrogen and oxygen atoms in total. The van der Waals surface area contributed by atoms with Gasteiger partial charge in [-0.1, -0.05) is 48.5 Å². The maximum atomic E-state index is 12.1. The van der Waals surface area contributed by atoms with E-state index in [1.807, 2.05) is 77.6 Å². The molecule has 0 unspecified atom stereocenters. The Balaban J connectivity index is 1.26. The molecule has 2 heterocycles. The van der Waals surface area contributed by atoms with Gasteiger partial charge in [0.2, 0.25) is 11.7 Å². The van der Waals surface area contributed by atoms with Crippen LogP contribution in [-0.2, 0) is 17.8 Å². The monoisotopic (exact) mass is 373 g/mol. The normalized spacial score (nSPS) is 10.7. The van der Waals surface area contributed by atoms with Crippen molar-refractivity contribution in [3.63, 3.8) is 0 Å². The highest BCUT2D eigenvalue weighted by molar-refractivity contribution is 5.75. The fraction of sp³-hybridized carbons (Fsp3) is 0.150. The lowest BCUT2D eigenvalue weighted by Crippen LogP contribution is -2.30. The average Bonchev–Trinajstić information content (AvgIpc) is 3.39. The predicted molar refractivity (Wildman–Crippen MR) is 104 cm³/mol. The number of hydrogen-bond donors (Lipinski definition) is 1. The summed E-state index contributed by atoms with van der Waals surface area (Å²) < 4.78 is 1.82. The second-order valence-corrected chi connectivity index (χ2v) is 6.20. The molecule has 4 aromatic rings. The number of para-hydroxylation sites is 1. The van der Waals surface area contributed by atoms with Gasteiger partial charge in [-0.15, -0.1) is 10.2 Å². The summed E-state index contributed by atoms with van der Waals surface area (Å²) in [6, 6.07) is 21.4. The molecule has 2 aromatic carbocycles. The van der Waals surface area contributed by atoms with Crippen molar-refractivity contribution in [2.75, 3.05) is 6.54 Å². The van der Waals surface area contributed by atoms with Crippen molar-refractivity contribution >= 4 is 5.91 Å². The van der Waals surface area contributed by atoms with Gasteiger partial charge in [0, 0.05) is 24.7 Å². The lowest BCUT2D eigenvalue weighted by molar-refractivity contribution is -0.122. The number of benzene rings is 2. The highest BCUT2D eigenvalue weighted by Crippen LogP contribution is 2.11. The molecule has 0 aliphatic heterocycles. The fourth-order valence-corrected chi connectivity index (χ4v) is 2.75. The van der Waals surface area contributed by atoms with Crippen LogP contribution in [0, 0.1) is 0 Å². The molecule has 0 saturated heterocycles. The van der Waals surface area contributed by atoms with Crippen LogP contribution in [0.4, 0.5) is 0 Å². The lowest BCUT2D eigenvalue weighted by Gasteiger charge is -2.03. The van der Waals surface area contributed by atoms with Gasteiger partial charge in [0.25, 0.3) is 0 Å². The Morgan fingerprint density at radius 2 is 1.68 bits per heavy atom.